The van der Waals surface area contributed by atoms with E-state index in [0.29, 0.717) is 6.54 Å². The van der Waals surface area contributed by atoms with Gasteiger partial charge in [0.15, 0.2) is 0 Å². The predicted octanol–water partition coefficient (Wildman–Crippen LogP) is 2.77. The van der Waals surface area contributed by atoms with Crippen molar-refractivity contribution in [2.45, 2.75) is 32.9 Å². The number of benzene rings is 2. The average molecular weight is 437 g/mol. The summed E-state index contributed by atoms with van der Waals surface area (Å²) in [6.07, 6.45) is 0. The molecule has 1 aliphatic rings. The van der Waals surface area contributed by atoms with Gasteiger partial charge < -0.3 is 10.2 Å². The van der Waals surface area contributed by atoms with Gasteiger partial charge in [0, 0.05) is 39.3 Å². The van der Waals surface area contributed by atoms with E-state index in [-0.39, 0.29) is 23.9 Å². The molecule has 2 amide bonds. The molecule has 1 saturated heterocycles. The maximum absolute atomic E-state index is 13.2. The summed E-state index contributed by atoms with van der Waals surface area (Å²) in [6.45, 7) is 11.1. The molecule has 6 heteroatoms. The number of rotatable bonds is 9. The molecule has 0 aromatic heterocycles. The first-order chi connectivity index (χ1) is 15.5. The molecule has 1 heterocycles. The third-order valence-electron chi connectivity index (χ3n) is 6.36. The fourth-order valence-electron chi connectivity index (χ4n) is 4.26. The third-order valence-corrected chi connectivity index (χ3v) is 6.36. The number of likely N-dealkylation sites (N-methyl/N-ethyl adjacent to an activating group) is 1. The maximum atomic E-state index is 13.2. The van der Waals surface area contributed by atoms with Crippen LogP contribution in [0.4, 0.5) is 0 Å². The second-order valence-electron chi connectivity index (χ2n) is 8.32. The van der Waals surface area contributed by atoms with Crippen molar-refractivity contribution in [3.8, 4) is 0 Å². The van der Waals surface area contributed by atoms with Crippen LogP contribution in [-0.2, 0) is 9.59 Å². The molecule has 0 spiro atoms. The van der Waals surface area contributed by atoms with Gasteiger partial charge in [-0.2, -0.15) is 0 Å². The summed E-state index contributed by atoms with van der Waals surface area (Å²) in [6, 6.07) is 19.8. The van der Waals surface area contributed by atoms with Crippen LogP contribution in [0.5, 0.6) is 0 Å². The lowest BCUT2D eigenvalue weighted by Gasteiger charge is -2.38. The zero-order valence-corrected chi connectivity index (χ0v) is 19.5. The van der Waals surface area contributed by atoms with Gasteiger partial charge in [-0.3, -0.25) is 19.4 Å². The largest absolute Gasteiger partial charge is 0.344 e. The molecule has 6 nitrogen and oxygen atoms in total. The molecule has 1 fully saturated rings. The Morgan fingerprint density at radius 2 is 1.38 bits per heavy atom. The molecular formula is C26H36N4O2. The fourth-order valence-corrected chi connectivity index (χ4v) is 4.26. The highest BCUT2D eigenvalue weighted by molar-refractivity contribution is 5.82. The van der Waals surface area contributed by atoms with Crippen LogP contribution in [0.3, 0.4) is 0 Å². The van der Waals surface area contributed by atoms with Gasteiger partial charge >= 0.3 is 0 Å². The van der Waals surface area contributed by atoms with Crippen LogP contribution in [-0.4, -0.2) is 78.4 Å². The van der Waals surface area contributed by atoms with Gasteiger partial charge in [0.25, 0.3) is 0 Å². The average Bonchev–Trinajstić information content (AvgIpc) is 2.84. The first-order valence-corrected chi connectivity index (χ1v) is 11.7. The highest BCUT2D eigenvalue weighted by Gasteiger charge is 2.28. The molecule has 1 N–H and O–H groups in total. The molecule has 1 unspecified atom stereocenters. The Kier molecular flexibility index (Phi) is 8.82. The van der Waals surface area contributed by atoms with Gasteiger partial charge in [-0.15, -0.1) is 0 Å². The summed E-state index contributed by atoms with van der Waals surface area (Å²) in [7, 11) is 0. The normalized spacial score (nSPS) is 16.0. The van der Waals surface area contributed by atoms with Gasteiger partial charge in [0.1, 0.15) is 0 Å². The quantitative estimate of drug-likeness (QED) is 0.657. The van der Waals surface area contributed by atoms with Crippen LogP contribution in [0.2, 0.25) is 0 Å². The van der Waals surface area contributed by atoms with E-state index in [9.17, 15) is 9.59 Å². The lowest BCUT2D eigenvalue weighted by molar-refractivity contribution is -0.133. The number of hydrogen-bond acceptors (Lipinski definition) is 4. The maximum Gasteiger partial charge on any atom is 0.237 e. The lowest BCUT2D eigenvalue weighted by Crippen LogP contribution is -2.55. The van der Waals surface area contributed by atoms with E-state index in [0.717, 1.165) is 50.4 Å². The molecule has 1 atom stereocenters. The number of piperazine rings is 1. The summed E-state index contributed by atoms with van der Waals surface area (Å²) in [5.41, 5.74) is 2.14. The minimum Gasteiger partial charge on any atom is -0.344 e. The summed E-state index contributed by atoms with van der Waals surface area (Å²) in [5.74, 6) is 0.207. The Hall–Kier alpha value is -2.70. The van der Waals surface area contributed by atoms with Crippen molar-refractivity contribution in [3.05, 3.63) is 71.8 Å². The molecule has 2 aromatic carbocycles. The molecule has 1 aliphatic heterocycles. The first-order valence-electron chi connectivity index (χ1n) is 11.7. The Balaban J connectivity index is 1.58. The van der Waals surface area contributed by atoms with E-state index < -0.39 is 0 Å². The standard InChI is InChI=1S/C26H36N4O2/c1-4-29(5-2)24(31)20-28-16-18-30(19-17-28)21(3)26(32)27-25(22-12-8-6-9-13-22)23-14-10-7-11-15-23/h6-15,21,25H,4-5,16-20H2,1-3H3,(H,27,32). The summed E-state index contributed by atoms with van der Waals surface area (Å²) in [5, 5.41) is 3.27. The van der Waals surface area contributed by atoms with Crippen molar-refractivity contribution >= 4 is 11.8 Å². The van der Waals surface area contributed by atoms with Crippen molar-refractivity contribution in [2.75, 3.05) is 45.8 Å². The van der Waals surface area contributed by atoms with Crippen LogP contribution in [0.15, 0.2) is 60.7 Å². The van der Waals surface area contributed by atoms with Crippen molar-refractivity contribution < 1.29 is 9.59 Å². The molecule has 0 bridgehead atoms. The molecule has 0 aliphatic carbocycles. The van der Waals surface area contributed by atoms with Crippen LogP contribution in [0, 0.1) is 0 Å². The number of nitrogens with one attached hydrogen (secondary N) is 1. The molecule has 2 aromatic rings. The topological polar surface area (TPSA) is 55.9 Å². The zero-order chi connectivity index (χ0) is 22.9. The first kappa shape index (κ1) is 24.0. The summed E-state index contributed by atoms with van der Waals surface area (Å²) < 4.78 is 0. The second kappa shape index (κ2) is 11.8. The Morgan fingerprint density at radius 1 is 0.875 bits per heavy atom. The Morgan fingerprint density at radius 3 is 1.84 bits per heavy atom. The fraction of sp³-hybridized carbons (Fsp3) is 0.462. The van der Waals surface area contributed by atoms with E-state index in [1.165, 1.54) is 0 Å². The molecular weight excluding hydrogens is 400 g/mol. The number of carbonyl (C=O) groups excluding carboxylic acids is 2. The Bertz CT molecular complexity index is 807. The van der Waals surface area contributed by atoms with E-state index in [1.54, 1.807) is 0 Å². The van der Waals surface area contributed by atoms with Crippen LogP contribution in [0.25, 0.3) is 0 Å². The molecule has 0 radical (unpaired) electrons. The number of nitrogens with zero attached hydrogens (tertiary/aromatic N) is 3. The van der Waals surface area contributed by atoms with E-state index in [1.807, 2.05) is 86.3 Å². The van der Waals surface area contributed by atoms with Gasteiger partial charge in [0.2, 0.25) is 11.8 Å². The van der Waals surface area contributed by atoms with Gasteiger partial charge in [-0.25, -0.2) is 0 Å². The van der Waals surface area contributed by atoms with Gasteiger partial charge in [-0.1, -0.05) is 60.7 Å². The van der Waals surface area contributed by atoms with Gasteiger partial charge in [-0.05, 0) is 31.9 Å². The van der Waals surface area contributed by atoms with Crippen LogP contribution < -0.4 is 5.32 Å². The predicted molar refractivity (Wildman–Crippen MR) is 128 cm³/mol. The van der Waals surface area contributed by atoms with Crippen molar-refractivity contribution in [1.29, 1.82) is 0 Å². The number of carbonyl (C=O) groups is 2. The molecule has 32 heavy (non-hydrogen) atoms. The Labute approximate surface area is 192 Å². The van der Waals surface area contributed by atoms with E-state index >= 15 is 0 Å². The molecule has 172 valence electrons. The number of hydrogen-bond donors (Lipinski definition) is 1. The van der Waals surface area contributed by atoms with Crippen molar-refractivity contribution in [3.63, 3.8) is 0 Å². The number of amides is 2. The van der Waals surface area contributed by atoms with Crippen molar-refractivity contribution in [1.82, 2.24) is 20.0 Å². The summed E-state index contributed by atoms with van der Waals surface area (Å²) >= 11 is 0. The smallest absolute Gasteiger partial charge is 0.237 e. The highest BCUT2D eigenvalue weighted by Crippen LogP contribution is 2.22. The highest BCUT2D eigenvalue weighted by atomic mass is 16.2. The van der Waals surface area contributed by atoms with Gasteiger partial charge in [0.05, 0.1) is 18.6 Å². The monoisotopic (exact) mass is 436 g/mol. The minimum atomic E-state index is -0.231. The third kappa shape index (κ3) is 6.17. The SMILES string of the molecule is CCN(CC)C(=O)CN1CCN(C(C)C(=O)NC(c2ccccc2)c2ccccc2)CC1. The molecule has 3 rings (SSSR count). The van der Waals surface area contributed by atoms with Crippen LogP contribution in [0.1, 0.15) is 37.9 Å². The van der Waals surface area contributed by atoms with Crippen molar-refractivity contribution in [2.24, 2.45) is 0 Å². The van der Waals surface area contributed by atoms with E-state index in [4.69, 9.17) is 0 Å². The van der Waals surface area contributed by atoms with E-state index in [2.05, 4.69) is 15.1 Å². The summed E-state index contributed by atoms with van der Waals surface area (Å²) in [4.78, 5) is 31.9. The minimum absolute atomic E-state index is 0.0235. The zero-order valence-electron chi connectivity index (χ0n) is 19.5. The molecule has 0 saturated carbocycles. The second-order valence-corrected chi connectivity index (χ2v) is 8.32. The lowest BCUT2D eigenvalue weighted by atomic mass is 9.98. The van der Waals surface area contributed by atoms with Crippen LogP contribution >= 0.6 is 0 Å².